The summed E-state index contributed by atoms with van der Waals surface area (Å²) in [6.07, 6.45) is 5.05. The molecule has 0 aliphatic heterocycles. The van der Waals surface area contributed by atoms with Crippen molar-refractivity contribution >= 4 is 5.95 Å². The first-order chi connectivity index (χ1) is 6.99. The van der Waals surface area contributed by atoms with E-state index < -0.39 is 11.4 Å². The lowest BCUT2D eigenvalue weighted by atomic mass is 10.6. The Kier molecular flexibility index (Phi) is 2.95. The predicted molar refractivity (Wildman–Crippen MR) is 56.9 cm³/mol. The molecule has 15 heavy (non-hydrogen) atoms. The lowest BCUT2D eigenvalue weighted by Crippen LogP contribution is -2.42. The van der Waals surface area contributed by atoms with Gasteiger partial charge < -0.3 is 4.90 Å². The third kappa shape index (κ3) is 1.91. The van der Waals surface area contributed by atoms with E-state index in [-0.39, 0.29) is 6.54 Å². The fourth-order valence-corrected chi connectivity index (χ4v) is 1.20. The average Bonchev–Trinajstić information content (AvgIpc) is 2.18. The van der Waals surface area contributed by atoms with Gasteiger partial charge in [-0.25, -0.2) is 14.2 Å². The Bertz CT molecular complexity index is 518. The van der Waals surface area contributed by atoms with Crippen LogP contribution in [-0.4, -0.2) is 28.2 Å². The van der Waals surface area contributed by atoms with Crippen LogP contribution in [0.4, 0.5) is 5.95 Å². The van der Waals surface area contributed by atoms with Crippen LogP contribution in [-0.2, 0) is 13.6 Å². The van der Waals surface area contributed by atoms with Crippen molar-refractivity contribution in [1.82, 2.24) is 14.1 Å². The van der Waals surface area contributed by atoms with Crippen LogP contribution in [0.1, 0.15) is 0 Å². The Hall–Kier alpha value is -2.03. The van der Waals surface area contributed by atoms with E-state index in [0.717, 1.165) is 4.57 Å². The topological polar surface area (TPSA) is 60.1 Å². The molecule has 0 saturated heterocycles. The molecule has 6 heteroatoms. The number of anilines is 1. The minimum absolute atomic E-state index is 0.0633. The monoisotopic (exact) mass is 208 g/mol. The van der Waals surface area contributed by atoms with Gasteiger partial charge in [0.1, 0.15) is 0 Å². The molecule has 0 atom stereocenters. The molecule has 1 aromatic heterocycles. The van der Waals surface area contributed by atoms with Crippen LogP contribution >= 0.6 is 0 Å². The highest BCUT2D eigenvalue weighted by atomic mass is 16.2. The smallest absolute Gasteiger partial charge is 0.348 e. The van der Waals surface area contributed by atoms with Crippen LogP contribution in [0.15, 0.2) is 9.59 Å². The van der Waals surface area contributed by atoms with E-state index in [1.54, 1.807) is 19.0 Å². The predicted octanol–water partition coefficient (Wildman–Crippen LogP) is -1.36. The summed E-state index contributed by atoms with van der Waals surface area (Å²) in [5.41, 5.74) is -1.09. The summed E-state index contributed by atoms with van der Waals surface area (Å²) in [6.45, 7) is -0.0633. The molecule has 6 nitrogen and oxygen atoms in total. The summed E-state index contributed by atoms with van der Waals surface area (Å²) in [6, 6.07) is 0. The zero-order valence-corrected chi connectivity index (χ0v) is 8.89. The highest BCUT2D eigenvalue weighted by Crippen LogP contribution is 1.97. The molecule has 0 aliphatic carbocycles. The molecule has 0 saturated carbocycles. The number of hydrogen-bond acceptors (Lipinski definition) is 4. The minimum Gasteiger partial charge on any atom is -0.348 e. The Morgan fingerprint density at radius 3 is 2.53 bits per heavy atom. The Balaban J connectivity index is 3.54. The molecule has 0 amide bonds. The number of hydrogen-bond donors (Lipinski definition) is 0. The summed E-state index contributed by atoms with van der Waals surface area (Å²) >= 11 is 0. The summed E-state index contributed by atoms with van der Waals surface area (Å²) in [4.78, 5) is 28.4. The van der Waals surface area contributed by atoms with Gasteiger partial charge >= 0.3 is 11.4 Å². The number of rotatable bonds is 2. The van der Waals surface area contributed by atoms with Gasteiger partial charge in [-0.1, -0.05) is 5.92 Å². The largest absolute Gasteiger partial charge is 0.355 e. The second-order valence-corrected chi connectivity index (χ2v) is 3.22. The van der Waals surface area contributed by atoms with E-state index in [1.165, 1.54) is 11.6 Å². The lowest BCUT2D eigenvalue weighted by Gasteiger charge is -2.15. The quantitative estimate of drug-likeness (QED) is 0.563. The molecular formula is C9H12N4O2. The maximum Gasteiger partial charge on any atom is 0.355 e. The van der Waals surface area contributed by atoms with E-state index in [9.17, 15) is 9.59 Å². The highest BCUT2D eigenvalue weighted by molar-refractivity contribution is 5.25. The third-order valence-electron chi connectivity index (χ3n) is 1.89. The third-order valence-corrected chi connectivity index (χ3v) is 1.89. The first-order valence-corrected chi connectivity index (χ1v) is 4.27. The van der Waals surface area contributed by atoms with Gasteiger partial charge in [-0.05, 0) is 0 Å². The number of terminal acetylenes is 1. The molecule has 0 unspecified atom stereocenters. The fourth-order valence-electron chi connectivity index (χ4n) is 1.20. The molecule has 1 heterocycles. The summed E-state index contributed by atoms with van der Waals surface area (Å²) in [5, 5.41) is 0. The molecule has 0 spiro atoms. The zero-order valence-electron chi connectivity index (χ0n) is 8.89. The van der Waals surface area contributed by atoms with Crippen molar-refractivity contribution in [3.8, 4) is 12.3 Å². The zero-order chi connectivity index (χ0) is 11.6. The Morgan fingerprint density at radius 1 is 1.47 bits per heavy atom. The molecule has 0 fully saturated rings. The number of aromatic nitrogens is 3. The molecule has 0 aliphatic rings. The molecule has 1 rings (SSSR count). The molecule has 0 N–H and O–H groups in total. The summed E-state index contributed by atoms with van der Waals surface area (Å²) in [7, 11) is 4.94. The van der Waals surface area contributed by atoms with Crippen LogP contribution in [0.5, 0.6) is 0 Å². The van der Waals surface area contributed by atoms with Crippen LogP contribution < -0.4 is 16.3 Å². The Morgan fingerprint density at radius 2 is 2.07 bits per heavy atom. The molecule has 0 bridgehead atoms. The van der Waals surface area contributed by atoms with Gasteiger partial charge in [0.05, 0.1) is 6.54 Å². The van der Waals surface area contributed by atoms with Crippen molar-refractivity contribution < 1.29 is 0 Å². The van der Waals surface area contributed by atoms with E-state index in [2.05, 4.69) is 10.9 Å². The SMILES string of the molecule is C#CCn1c(=O)nc(N(C)C)n(C)c1=O. The molecule has 0 aromatic carbocycles. The van der Waals surface area contributed by atoms with Crippen molar-refractivity contribution in [3.63, 3.8) is 0 Å². The molecule has 80 valence electrons. The van der Waals surface area contributed by atoms with Gasteiger partial charge in [0.25, 0.3) is 0 Å². The molecule has 1 aromatic rings. The van der Waals surface area contributed by atoms with E-state index in [4.69, 9.17) is 6.42 Å². The van der Waals surface area contributed by atoms with Crippen LogP contribution in [0, 0.1) is 12.3 Å². The molecular weight excluding hydrogens is 196 g/mol. The molecule has 0 radical (unpaired) electrons. The van der Waals surface area contributed by atoms with Crippen LogP contribution in [0.2, 0.25) is 0 Å². The second kappa shape index (κ2) is 4.00. The standard InChI is InChI=1S/C9H12N4O2/c1-5-6-13-8(14)10-7(11(2)3)12(4)9(13)15/h1H,6H2,2-4H3. The maximum atomic E-state index is 11.7. The first kappa shape index (κ1) is 11.0. The number of nitrogens with zero attached hydrogens (tertiary/aromatic N) is 4. The van der Waals surface area contributed by atoms with Gasteiger partial charge in [0, 0.05) is 21.1 Å². The lowest BCUT2D eigenvalue weighted by molar-refractivity contribution is 0.616. The maximum absolute atomic E-state index is 11.7. The van der Waals surface area contributed by atoms with Crippen molar-refractivity contribution in [3.05, 3.63) is 21.0 Å². The summed E-state index contributed by atoms with van der Waals surface area (Å²) < 4.78 is 2.19. The summed E-state index contributed by atoms with van der Waals surface area (Å²) in [5.74, 6) is 2.54. The Labute approximate surface area is 86.8 Å². The van der Waals surface area contributed by atoms with Gasteiger partial charge in [-0.3, -0.25) is 4.57 Å². The van der Waals surface area contributed by atoms with E-state index in [1.807, 2.05) is 0 Å². The van der Waals surface area contributed by atoms with Crippen LogP contribution in [0.3, 0.4) is 0 Å². The normalized spacial score (nSPS) is 9.73. The minimum atomic E-state index is -0.625. The van der Waals surface area contributed by atoms with Gasteiger partial charge in [0.2, 0.25) is 5.95 Å². The fraction of sp³-hybridized carbons (Fsp3) is 0.444. The van der Waals surface area contributed by atoms with Gasteiger partial charge in [-0.15, -0.1) is 6.42 Å². The van der Waals surface area contributed by atoms with Gasteiger partial charge in [-0.2, -0.15) is 4.98 Å². The first-order valence-electron chi connectivity index (χ1n) is 4.27. The van der Waals surface area contributed by atoms with Crippen molar-refractivity contribution in [2.75, 3.05) is 19.0 Å². The van der Waals surface area contributed by atoms with E-state index >= 15 is 0 Å². The second-order valence-electron chi connectivity index (χ2n) is 3.22. The van der Waals surface area contributed by atoms with Crippen LogP contribution in [0.25, 0.3) is 0 Å². The van der Waals surface area contributed by atoms with Crippen molar-refractivity contribution in [2.45, 2.75) is 6.54 Å². The van der Waals surface area contributed by atoms with Gasteiger partial charge in [0.15, 0.2) is 0 Å². The average molecular weight is 208 g/mol. The van der Waals surface area contributed by atoms with E-state index in [0.29, 0.717) is 5.95 Å². The highest BCUT2D eigenvalue weighted by Gasteiger charge is 2.10. The van der Waals surface area contributed by atoms with Crippen molar-refractivity contribution in [2.24, 2.45) is 7.05 Å². The van der Waals surface area contributed by atoms with Crippen molar-refractivity contribution in [1.29, 1.82) is 0 Å².